The molecule has 2 atom stereocenters. The molecule has 0 saturated carbocycles. The normalized spacial score (nSPS) is 26.1. The summed E-state index contributed by atoms with van der Waals surface area (Å²) in [5.41, 5.74) is 0. The lowest BCUT2D eigenvalue weighted by atomic mass is 10.2. The van der Waals surface area contributed by atoms with Gasteiger partial charge in [0.1, 0.15) is 5.15 Å². The first-order valence-electron chi connectivity index (χ1n) is 5.21. The number of nitrogens with zero attached hydrogens (tertiary/aromatic N) is 2. The highest BCUT2D eigenvalue weighted by Gasteiger charge is 2.25. The predicted octanol–water partition coefficient (Wildman–Crippen LogP) is 3.15. The Bertz CT molecular complexity index is 362. The van der Waals surface area contributed by atoms with Crippen LogP contribution in [0.2, 0.25) is 5.15 Å². The SMILES string of the molecule is CC1CN(c2nc(Cl)c(CCl)s2)CC(C)O1. The van der Waals surface area contributed by atoms with Gasteiger partial charge in [0.15, 0.2) is 5.13 Å². The third-order valence-electron chi connectivity index (χ3n) is 2.45. The molecule has 0 bridgehead atoms. The topological polar surface area (TPSA) is 25.4 Å². The van der Waals surface area contributed by atoms with Gasteiger partial charge in [0.25, 0.3) is 0 Å². The highest BCUT2D eigenvalue weighted by molar-refractivity contribution is 7.16. The zero-order valence-electron chi connectivity index (χ0n) is 9.24. The first kappa shape index (κ1) is 12.4. The Hall–Kier alpha value is -0.0300. The Balaban J connectivity index is 2.16. The van der Waals surface area contributed by atoms with E-state index < -0.39 is 0 Å². The smallest absolute Gasteiger partial charge is 0.187 e. The van der Waals surface area contributed by atoms with Crippen LogP contribution in [0.15, 0.2) is 0 Å². The molecule has 2 rings (SSSR count). The molecule has 90 valence electrons. The summed E-state index contributed by atoms with van der Waals surface area (Å²) in [7, 11) is 0. The third-order valence-corrected chi connectivity index (χ3v) is 4.42. The van der Waals surface area contributed by atoms with E-state index in [9.17, 15) is 0 Å². The number of anilines is 1. The first-order valence-corrected chi connectivity index (χ1v) is 6.94. The Labute approximate surface area is 109 Å². The number of thiazole rings is 1. The van der Waals surface area contributed by atoms with Gasteiger partial charge in [-0.2, -0.15) is 0 Å². The van der Waals surface area contributed by atoms with E-state index >= 15 is 0 Å². The lowest BCUT2D eigenvalue weighted by molar-refractivity contribution is -0.00522. The number of hydrogen-bond donors (Lipinski definition) is 0. The number of ether oxygens (including phenoxy) is 1. The van der Waals surface area contributed by atoms with Crippen LogP contribution in [0.1, 0.15) is 18.7 Å². The van der Waals surface area contributed by atoms with Gasteiger partial charge in [0.05, 0.1) is 23.0 Å². The van der Waals surface area contributed by atoms with Crippen LogP contribution in [0, 0.1) is 0 Å². The summed E-state index contributed by atoms with van der Waals surface area (Å²) >= 11 is 13.3. The highest BCUT2D eigenvalue weighted by atomic mass is 35.5. The molecule has 1 aromatic heterocycles. The average molecular weight is 281 g/mol. The van der Waals surface area contributed by atoms with Crippen LogP contribution in [-0.4, -0.2) is 30.3 Å². The van der Waals surface area contributed by atoms with Crippen LogP contribution in [0.3, 0.4) is 0 Å². The van der Waals surface area contributed by atoms with Crippen molar-refractivity contribution in [2.45, 2.75) is 31.9 Å². The molecule has 3 nitrogen and oxygen atoms in total. The van der Waals surface area contributed by atoms with E-state index in [0.717, 1.165) is 23.1 Å². The summed E-state index contributed by atoms with van der Waals surface area (Å²) < 4.78 is 5.68. The summed E-state index contributed by atoms with van der Waals surface area (Å²) in [6.07, 6.45) is 0.455. The second kappa shape index (κ2) is 5.08. The minimum absolute atomic E-state index is 0.228. The molecule has 1 aliphatic heterocycles. The Morgan fingerprint density at radius 1 is 1.44 bits per heavy atom. The zero-order valence-corrected chi connectivity index (χ0v) is 11.6. The fourth-order valence-electron chi connectivity index (χ4n) is 1.87. The van der Waals surface area contributed by atoms with Crippen molar-refractivity contribution >= 4 is 39.7 Å². The van der Waals surface area contributed by atoms with Gasteiger partial charge in [-0.3, -0.25) is 0 Å². The van der Waals surface area contributed by atoms with Crippen molar-refractivity contribution < 1.29 is 4.74 Å². The number of hydrogen-bond acceptors (Lipinski definition) is 4. The molecule has 0 spiro atoms. The molecular formula is C10H14Cl2N2OS. The van der Waals surface area contributed by atoms with Crippen molar-refractivity contribution in [2.75, 3.05) is 18.0 Å². The average Bonchev–Trinajstić information content (AvgIpc) is 2.58. The van der Waals surface area contributed by atoms with E-state index in [1.54, 1.807) is 11.3 Å². The van der Waals surface area contributed by atoms with Crippen LogP contribution in [-0.2, 0) is 10.6 Å². The van der Waals surface area contributed by atoms with E-state index in [1.165, 1.54) is 0 Å². The van der Waals surface area contributed by atoms with E-state index in [-0.39, 0.29) is 12.2 Å². The van der Waals surface area contributed by atoms with Gasteiger partial charge >= 0.3 is 0 Å². The molecule has 6 heteroatoms. The van der Waals surface area contributed by atoms with Gasteiger partial charge in [-0.25, -0.2) is 4.98 Å². The van der Waals surface area contributed by atoms with Crippen molar-refractivity contribution in [3.8, 4) is 0 Å². The molecular weight excluding hydrogens is 267 g/mol. The van der Waals surface area contributed by atoms with Crippen LogP contribution in [0.4, 0.5) is 5.13 Å². The fourth-order valence-corrected chi connectivity index (χ4v) is 3.36. The molecule has 2 heterocycles. The van der Waals surface area contributed by atoms with Crippen LogP contribution < -0.4 is 4.90 Å². The molecule has 0 aromatic carbocycles. The van der Waals surface area contributed by atoms with Crippen LogP contribution in [0.25, 0.3) is 0 Å². The van der Waals surface area contributed by atoms with Gasteiger partial charge in [0, 0.05) is 13.1 Å². The van der Waals surface area contributed by atoms with Crippen LogP contribution in [0.5, 0.6) is 0 Å². The van der Waals surface area contributed by atoms with Gasteiger partial charge < -0.3 is 9.64 Å². The maximum atomic E-state index is 5.99. The third kappa shape index (κ3) is 2.62. The van der Waals surface area contributed by atoms with E-state index in [0.29, 0.717) is 11.0 Å². The standard InChI is InChI=1S/C10H14Cl2N2OS/c1-6-4-14(5-7(2)15-6)10-13-9(12)8(3-11)16-10/h6-7H,3-5H2,1-2H3. The molecule has 1 aliphatic rings. The molecule has 1 saturated heterocycles. The maximum absolute atomic E-state index is 5.99. The van der Waals surface area contributed by atoms with E-state index in [4.69, 9.17) is 27.9 Å². The zero-order chi connectivity index (χ0) is 11.7. The lowest BCUT2D eigenvalue weighted by Crippen LogP contribution is -2.45. The summed E-state index contributed by atoms with van der Waals surface area (Å²) in [5.74, 6) is 0.423. The van der Waals surface area contributed by atoms with Crippen molar-refractivity contribution in [3.63, 3.8) is 0 Å². The van der Waals surface area contributed by atoms with E-state index in [2.05, 4.69) is 23.7 Å². The van der Waals surface area contributed by atoms with Gasteiger partial charge in [-0.15, -0.1) is 11.6 Å². The summed E-state index contributed by atoms with van der Waals surface area (Å²) in [6.45, 7) is 5.85. The van der Waals surface area contributed by atoms with Crippen molar-refractivity contribution in [1.82, 2.24) is 4.98 Å². The first-order chi connectivity index (χ1) is 7.60. The Morgan fingerprint density at radius 2 is 2.06 bits per heavy atom. The number of aromatic nitrogens is 1. The van der Waals surface area contributed by atoms with Crippen molar-refractivity contribution in [1.29, 1.82) is 0 Å². The lowest BCUT2D eigenvalue weighted by Gasteiger charge is -2.35. The Kier molecular flexibility index (Phi) is 3.95. The summed E-state index contributed by atoms with van der Waals surface area (Å²) in [6, 6.07) is 0. The van der Waals surface area contributed by atoms with Gasteiger partial charge in [0.2, 0.25) is 0 Å². The van der Waals surface area contributed by atoms with Gasteiger partial charge in [-0.05, 0) is 13.8 Å². The number of rotatable bonds is 2. The monoisotopic (exact) mass is 280 g/mol. The largest absolute Gasteiger partial charge is 0.372 e. The quantitative estimate of drug-likeness (QED) is 0.779. The fraction of sp³-hybridized carbons (Fsp3) is 0.700. The molecule has 16 heavy (non-hydrogen) atoms. The number of morpholine rings is 1. The highest BCUT2D eigenvalue weighted by Crippen LogP contribution is 2.32. The molecule has 0 N–H and O–H groups in total. The van der Waals surface area contributed by atoms with Gasteiger partial charge in [-0.1, -0.05) is 22.9 Å². The minimum Gasteiger partial charge on any atom is -0.372 e. The molecule has 1 fully saturated rings. The minimum atomic E-state index is 0.228. The Morgan fingerprint density at radius 3 is 2.56 bits per heavy atom. The summed E-state index contributed by atoms with van der Waals surface area (Å²) in [5, 5.41) is 1.48. The van der Waals surface area contributed by atoms with Crippen molar-refractivity contribution in [2.24, 2.45) is 0 Å². The van der Waals surface area contributed by atoms with Crippen LogP contribution >= 0.6 is 34.5 Å². The molecule has 0 aliphatic carbocycles. The second-order valence-electron chi connectivity index (χ2n) is 4.01. The molecule has 2 unspecified atom stereocenters. The number of halogens is 2. The molecule has 0 radical (unpaired) electrons. The second-order valence-corrected chi connectivity index (χ2v) is 5.69. The van der Waals surface area contributed by atoms with Crippen molar-refractivity contribution in [3.05, 3.63) is 10.0 Å². The van der Waals surface area contributed by atoms with E-state index in [1.807, 2.05) is 0 Å². The predicted molar refractivity (Wildman–Crippen MR) is 68.9 cm³/mol. The molecule has 1 aromatic rings. The maximum Gasteiger partial charge on any atom is 0.187 e. The number of alkyl halides is 1. The molecule has 0 amide bonds. The summed E-state index contributed by atoms with van der Waals surface area (Å²) in [4.78, 5) is 7.49.